The van der Waals surface area contributed by atoms with Gasteiger partial charge in [0, 0.05) is 16.7 Å². The van der Waals surface area contributed by atoms with Crippen molar-refractivity contribution in [2.75, 3.05) is 0 Å². The summed E-state index contributed by atoms with van der Waals surface area (Å²) in [6.45, 7) is 3.65. The molecule has 0 amide bonds. The molecule has 1 saturated heterocycles. The first-order valence-corrected chi connectivity index (χ1v) is 11.9. The van der Waals surface area contributed by atoms with Crippen LogP contribution in [0.4, 0.5) is 0 Å². The molecule has 1 heterocycles. The van der Waals surface area contributed by atoms with E-state index in [0.29, 0.717) is 12.8 Å². The van der Waals surface area contributed by atoms with Gasteiger partial charge in [-0.3, -0.25) is 14.4 Å². The Bertz CT molecular complexity index is 1090. The van der Waals surface area contributed by atoms with E-state index in [9.17, 15) is 39.6 Å². The summed E-state index contributed by atoms with van der Waals surface area (Å²) in [4.78, 5) is 48.4. The van der Waals surface area contributed by atoms with Gasteiger partial charge in [0.15, 0.2) is 17.7 Å². The Morgan fingerprint density at radius 1 is 1.17 bits per heavy atom. The summed E-state index contributed by atoms with van der Waals surface area (Å²) in [5.74, 6) is -6.44. The van der Waals surface area contributed by atoms with Crippen molar-refractivity contribution >= 4 is 23.5 Å². The molecule has 5 rings (SSSR count). The average Bonchev–Trinajstić information content (AvgIpc) is 3.44. The maximum Gasteiger partial charge on any atom is 0.332 e. The summed E-state index contributed by atoms with van der Waals surface area (Å²) in [5.41, 5.74) is -4.06. The third-order valence-electron chi connectivity index (χ3n) is 9.92. The van der Waals surface area contributed by atoms with Gasteiger partial charge in [0.1, 0.15) is 17.3 Å². The van der Waals surface area contributed by atoms with Crippen molar-refractivity contribution in [3.63, 3.8) is 0 Å². The minimum Gasteiger partial charge on any atom is -0.481 e. The van der Waals surface area contributed by atoms with Crippen molar-refractivity contribution in [3.05, 3.63) is 23.8 Å². The highest BCUT2D eigenvalue weighted by Crippen LogP contribution is 2.76. The number of carbonyl (C=O) groups excluding carboxylic acids is 2. The van der Waals surface area contributed by atoms with Crippen LogP contribution in [0.3, 0.4) is 0 Å². The smallest absolute Gasteiger partial charge is 0.332 e. The Labute approximate surface area is 201 Å². The number of aliphatic hydroxyl groups is 3. The predicted octanol–water partition coefficient (Wildman–Crippen LogP) is 0.233. The van der Waals surface area contributed by atoms with Crippen molar-refractivity contribution < 1.29 is 49.4 Å². The first kappa shape index (κ1) is 24.3. The van der Waals surface area contributed by atoms with Gasteiger partial charge >= 0.3 is 11.9 Å². The van der Waals surface area contributed by atoms with Gasteiger partial charge in [0.25, 0.3) is 0 Å². The third-order valence-corrected chi connectivity index (χ3v) is 9.92. The molecule has 10 nitrogen and oxygen atoms in total. The lowest BCUT2D eigenvalue weighted by atomic mass is 9.46. The maximum absolute atomic E-state index is 13.4. The molecule has 1 spiro atoms. The van der Waals surface area contributed by atoms with E-state index in [1.165, 1.54) is 6.08 Å². The summed E-state index contributed by atoms with van der Waals surface area (Å²) in [6.07, 6.45) is 0.813. The van der Waals surface area contributed by atoms with Gasteiger partial charge in [-0.2, -0.15) is 0 Å². The Morgan fingerprint density at radius 3 is 2.49 bits per heavy atom. The number of Topliss-reactive ketones (excluding diaryl/α,β-unsaturated/α-hetero) is 1. The lowest BCUT2D eigenvalue weighted by Crippen LogP contribution is -2.64. The number of epoxide rings is 1. The second-order valence-electron chi connectivity index (χ2n) is 11.3. The van der Waals surface area contributed by atoms with Crippen LogP contribution in [0.5, 0.6) is 0 Å². The number of ketones is 2. The molecule has 10 heteroatoms. The van der Waals surface area contributed by atoms with Gasteiger partial charge in [0.05, 0.1) is 12.5 Å². The lowest BCUT2D eigenvalue weighted by Gasteiger charge is -2.55. The molecule has 3 unspecified atom stereocenters. The quantitative estimate of drug-likeness (QED) is 0.323. The van der Waals surface area contributed by atoms with Crippen LogP contribution in [-0.2, 0) is 23.9 Å². The zero-order chi connectivity index (χ0) is 25.7. The Hall–Kier alpha value is -2.40. The molecule has 35 heavy (non-hydrogen) atoms. The fourth-order valence-electron chi connectivity index (χ4n) is 8.24. The number of carbonyl (C=O) groups is 4. The minimum absolute atomic E-state index is 0.00767. The molecule has 190 valence electrons. The summed E-state index contributed by atoms with van der Waals surface area (Å²) in [5, 5.41) is 51.6. The van der Waals surface area contributed by atoms with E-state index in [1.807, 2.05) is 13.0 Å². The molecule has 0 aromatic heterocycles. The molecular weight excluding hydrogens is 460 g/mol. The summed E-state index contributed by atoms with van der Waals surface area (Å²) in [7, 11) is 0. The SMILES string of the molecule is C[C@]12C=CC(=O)C=C1CC[C@H]1[C@@H]3CC(C(O)C(=O)O)[C@](O)(C(=O)C(O)CC(=O)O)[C@@]3(C)C[C@@H]3O[C@@]312. The van der Waals surface area contributed by atoms with E-state index < -0.39 is 76.3 Å². The molecule has 0 aromatic rings. The highest BCUT2D eigenvalue weighted by atomic mass is 16.6. The van der Waals surface area contributed by atoms with Crippen molar-refractivity contribution in [1.82, 2.24) is 0 Å². The van der Waals surface area contributed by atoms with Crippen molar-refractivity contribution in [2.45, 2.75) is 75.5 Å². The first-order chi connectivity index (χ1) is 16.2. The minimum atomic E-state index is -2.47. The fraction of sp³-hybridized carbons (Fsp3) is 0.680. The standard InChI is InChI=1S/C25H30O10/c1-22-6-5-12(26)7-11(22)3-4-13-14-8-15(19(30)21(32)33)24(34,20(31)16(27)9-18(28)29)23(14,2)10-17-25(13,22)35-17/h5-7,13-17,19,27,30,34H,3-4,8-10H2,1-2H3,(H,28,29)(H,32,33)/t13-,14-,15?,16?,17-,19?,22-,23-,24-,25+/m0/s1. The zero-order valence-electron chi connectivity index (χ0n) is 19.5. The number of aliphatic hydroxyl groups excluding tert-OH is 2. The molecule has 4 fully saturated rings. The fourth-order valence-corrected chi connectivity index (χ4v) is 8.24. The van der Waals surface area contributed by atoms with Gasteiger partial charge in [-0.05, 0) is 56.6 Å². The number of fused-ring (bicyclic) bond motifs is 3. The van der Waals surface area contributed by atoms with Crippen molar-refractivity contribution in [2.24, 2.45) is 28.6 Å². The number of carboxylic acid groups (broad SMARTS) is 2. The Morgan fingerprint density at radius 2 is 1.86 bits per heavy atom. The highest BCUT2D eigenvalue weighted by Gasteiger charge is 2.83. The number of carboxylic acids is 2. The number of rotatable bonds is 6. The van der Waals surface area contributed by atoms with Gasteiger partial charge in [-0.15, -0.1) is 0 Å². The highest BCUT2D eigenvalue weighted by molar-refractivity contribution is 6.01. The van der Waals surface area contributed by atoms with Crippen LogP contribution in [-0.4, -0.2) is 78.6 Å². The molecule has 0 radical (unpaired) electrons. The van der Waals surface area contributed by atoms with Crippen molar-refractivity contribution in [3.8, 4) is 0 Å². The molecule has 0 bridgehead atoms. The molecule has 10 atom stereocenters. The summed E-state index contributed by atoms with van der Waals surface area (Å²) < 4.78 is 6.36. The van der Waals surface area contributed by atoms with Crippen LogP contribution in [0, 0.1) is 28.6 Å². The number of ether oxygens (including phenoxy) is 1. The molecule has 5 aliphatic rings. The monoisotopic (exact) mass is 490 g/mol. The number of hydrogen-bond acceptors (Lipinski definition) is 8. The van der Waals surface area contributed by atoms with Crippen molar-refractivity contribution in [1.29, 1.82) is 0 Å². The largest absolute Gasteiger partial charge is 0.481 e. The van der Waals surface area contributed by atoms with Crippen LogP contribution < -0.4 is 0 Å². The molecular formula is C25H30O10. The van der Waals surface area contributed by atoms with Crippen LogP contribution >= 0.6 is 0 Å². The molecule has 0 aromatic carbocycles. The van der Waals surface area contributed by atoms with E-state index in [-0.39, 0.29) is 24.5 Å². The second kappa shape index (κ2) is 7.32. The second-order valence-corrected chi connectivity index (χ2v) is 11.3. The van der Waals surface area contributed by atoms with Crippen LogP contribution in [0.15, 0.2) is 23.8 Å². The zero-order valence-corrected chi connectivity index (χ0v) is 19.5. The summed E-state index contributed by atoms with van der Waals surface area (Å²) in [6, 6.07) is 0. The molecule has 4 aliphatic carbocycles. The molecule has 3 saturated carbocycles. The molecule has 5 N–H and O–H groups in total. The van der Waals surface area contributed by atoms with E-state index >= 15 is 0 Å². The van der Waals surface area contributed by atoms with Gasteiger partial charge in [0.2, 0.25) is 0 Å². The predicted molar refractivity (Wildman–Crippen MR) is 117 cm³/mol. The number of allylic oxidation sites excluding steroid dienone is 2. The van der Waals surface area contributed by atoms with E-state index in [1.54, 1.807) is 13.0 Å². The lowest BCUT2D eigenvalue weighted by molar-refractivity contribution is -0.184. The number of hydrogen-bond donors (Lipinski definition) is 5. The third kappa shape index (κ3) is 2.85. The van der Waals surface area contributed by atoms with Crippen LogP contribution in [0.2, 0.25) is 0 Å². The first-order valence-electron chi connectivity index (χ1n) is 11.9. The Balaban J connectivity index is 1.60. The van der Waals surface area contributed by atoms with Gasteiger partial charge in [-0.25, -0.2) is 4.79 Å². The van der Waals surface area contributed by atoms with E-state index in [2.05, 4.69) is 0 Å². The van der Waals surface area contributed by atoms with E-state index in [0.717, 1.165) is 5.57 Å². The van der Waals surface area contributed by atoms with Gasteiger partial charge in [-0.1, -0.05) is 18.6 Å². The van der Waals surface area contributed by atoms with E-state index in [4.69, 9.17) is 9.84 Å². The summed E-state index contributed by atoms with van der Waals surface area (Å²) >= 11 is 0. The van der Waals surface area contributed by atoms with Crippen LogP contribution in [0.1, 0.15) is 46.0 Å². The normalized spacial score (nSPS) is 46.9. The van der Waals surface area contributed by atoms with Crippen LogP contribution in [0.25, 0.3) is 0 Å². The number of aliphatic carboxylic acids is 2. The topological polar surface area (TPSA) is 182 Å². The Kier molecular flexibility index (Phi) is 5.08. The van der Waals surface area contributed by atoms with Gasteiger partial charge < -0.3 is 30.3 Å². The molecule has 1 aliphatic heterocycles. The average molecular weight is 491 g/mol. The maximum atomic E-state index is 13.4.